The summed E-state index contributed by atoms with van der Waals surface area (Å²) in [5.74, 6) is -5.67. The van der Waals surface area contributed by atoms with Crippen LogP contribution in [0.5, 0.6) is 0 Å². The van der Waals surface area contributed by atoms with Crippen LogP contribution >= 0.6 is 0 Å². The van der Waals surface area contributed by atoms with Crippen molar-refractivity contribution in [3.05, 3.63) is 0 Å². The summed E-state index contributed by atoms with van der Waals surface area (Å²) in [6.07, 6.45) is -2.56. The van der Waals surface area contributed by atoms with Crippen molar-refractivity contribution in [1.29, 1.82) is 0 Å². The van der Waals surface area contributed by atoms with E-state index in [1.165, 1.54) is 0 Å². The molecule has 0 aliphatic heterocycles. The third kappa shape index (κ3) is 4.89. The van der Waals surface area contributed by atoms with E-state index in [4.69, 9.17) is 10.2 Å². The van der Waals surface area contributed by atoms with Crippen LogP contribution in [0.15, 0.2) is 0 Å². The smallest absolute Gasteiger partial charge is 0.306 e. The van der Waals surface area contributed by atoms with Crippen molar-refractivity contribution >= 4 is 37.7 Å². The normalized spacial score (nSPS) is 13.5. The van der Waals surface area contributed by atoms with E-state index in [2.05, 4.69) is 0 Å². The van der Waals surface area contributed by atoms with Crippen molar-refractivity contribution in [3.63, 3.8) is 0 Å². The van der Waals surface area contributed by atoms with E-state index in [1.807, 2.05) is 0 Å². The standard InChI is InChI=1S/C6H8O7.Ga/c7-3(8)1-6(13,5(11)12)2-4(9)10;/h13H,1-2H2,(H,7,8)(H,9,10)(H,11,12);/p-2. The second-order valence-electron chi connectivity index (χ2n) is 2.44. The molecule has 1 unspecified atom stereocenters. The van der Waals surface area contributed by atoms with Crippen molar-refractivity contribution in [2.45, 2.75) is 18.4 Å². The zero-order chi connectivity index (χ0) is 10.6. The zero-order valence-electron chi connectivity index (χ0n) is 6.93. The number of aliphatic carboxylic acids is 3. The van der Waals surface area contributed by atoms with Crippen LogP contribution in [0.2, 0.25) is 0 Å². The first-order valence-electron chi connectivity index (χ1n) is 3.13. The summed E-state index contributed by atoms with van der Waals surface area (Å²) in [5.41, 5.74) is -2.91. The minimum atomic E-state index is -2.91. The fourth-order valence-corrected chi connectivity index (χ4v) is 0.696. The fourth-order valence-electron chi connectivity index (χ4n) is 0.696. The van der Waals surface area contributed by atoms with E-state index in [-0.39, 0.29) is 19.8 Å². The van der Waals surface area contributed by atoms with Gasteiger partial charge in [0.2, 0.25) is 0 Å². The maximum atomic E-state index is 10.2. The minimum Gasteiger partial charge on any atom is -0.550 e. The molecule has 8 heteroatoms. The van der Waals surface area contributed by atoms with E-state index in [0.717, 1.165) is 0 Å². The van der Waals surface area contributed by atoms with Crippen LogP contribution in [0.3, 0.4) is 0 Å². The Morgan fingerprint density at radius 1 is 1.14 bits per heavy atom. The van der Waals surface area contributed by atoms with Gasteiger partial charge in [-0.3, -0.25) is 4.79 Å². The topological polar surface area (TPSA) is 138 Å². The SMILES string of the molecule is O=C([O-])CC(O)(CC(=O)O)C(=O)[O-].[Ga]. The van der Waals surface area contributed by atoms with E-state index >= 15 is 0 Å². The predicted octanol–water partition coefficient (Wildman–Crippen LogP) is -4.30. The molecule has 0 fully saturated rings. The van der Waals surface area contributed by atoms with Crippen LogP contribution in [0.4, 0.5) is 0 Å². The Morgan fingerprint density at radius 3 is 1.79 bits per heavy atom. The van der Waals surface area contributed by atoms with E-state index in [0.29, 0.717) is 0 Å². The number of carbonyl (C=O) groups excluding carboxylic acids is 2. The molecule has 14 heavy (non-hydrogen) atoms. The van der Waals surface area contributed by atoms with Crippen molar-refractivity contribution in [2.75, 3.05) is 0 Å². The van der Waals surface area contributed by atoms with E-state index in [9.17, 15) is 24.6 Å². The van der Waals surface area contributed by atoms with Gasteiger partial charge >= 0.3 is 5.97 Å². The molecule has 0 aromatic heterocycles. The second-order valence-corrected chi connectivity index (χ2v) is 2.44. The molecule has 0 aromatic rings. The van der Waals surface area contributed by atoms with Gasteiger partial charge in [0.25, 0.3) is 0 Å². The number of carboxylic acid groups (broad SMARTS) is 3. The van der Waals surface area contributed by atoms with Crippen LogP contribution in [0, 0.1) is 0 Å². The third-order valence-corrected chi connectivity index (χ3v) is 1.26. The molecular formula is C6H6GaO7-2. The Bertz CT molecular complexity index is 233. The largest absolute Gasteiger partial charge is 0.550 e. The molecule has 2 N–H and O–H groups in total. The minimum absolute atomic E-state index is 0. The Kier molecular flexibility index (Phi) is 6.28. The summed E-state index contributed by atoms with van der Waals surface area (Å²) in [6.45, 7) is 0. The quantitative estimate of drug-likeness (QED) is 0.476. The average Bonchev–Trinajstić information content (AvgIpc) is 1.82. The van der Waals surface area contributed by atoms with Crippen LogP contribution in [-0.4, -0.2) is 53.5 Å². The number of aliphatic hydroxyl groups is 1. The first kappa shape index (κ1) is 15.5. The first-order chi connectivity index (χ1) is 5.78. The molecule has 0 bridgehead atoms. The second kappa shape index (κ2) is 5.68. The molecular weight excluding hydrogens is 254 g/mol. The van der Waals surface area contributed by atoms with Gasteiger partial charge in [-0.1, -0.05) is 0 Å². The molecule has 0 amide bonds. The molecule has 7 nitrogen and oxygen atoms in total. The van der Waals surface area contributed by atoms with Crippen LogP contribution in [0.25, 0.3) is 0 Å². The van der Waals surface area contributed by atoms with Gasteiger partial charge in [-0.15, -0.1) is 0 Å². The van der Waals surface area contributed by atoms with Gasteiger partial charge in [-0.25, -0.2) is 0 Å². The summed E-state index contributed by atoms with van der Waals surface area (Å²) in [5, 5.41) is 37.2. The molecule has 0 aliphatic carbocycles. The molecule has 1 atom stereocenters. The number of hydrogen-bond acceptors (Lipinski definition) is 6. The predicted molar refractivity (Wildman–Crippen MR) is 37.6 cm³/mol. The molecule has 0 aromatic carbocycles. The van der Waals surface area contributed by atoms with Gasteiger partial charge in [0.05, 0.1) is 12.4 Å². The van der Waals surface area contributed by atoms with Crippen LogP contribution in [0.1, 0.15) is 12.8 Å². The van der Waals surface area contributed by atoms with Crippen LogP contribution < -0.4 is 10.2 Å². The molecule has 77 valence electrons. The van der Waals surface area contributed by atoms with Crippen LogP contribution in [-0.2, 0) is 14.4 Å². The zero-order valence-corrected chi connectivity index (χ0v) is 9.35. The molecule has 0 saturated heterocycles. The molecule has 0 heterocycles. The third-order valence-electron chi connectivity index (χ3n) is 1.26. The maximum Gasteiger partial charge on any atom is 0.306 e. The van der Waals surface area contributed by atoms with Gasteiger partial charge in [0, 0.05) is 32.2 Å². The molecule has 0 spiro atoms. The van der Waals surface area contributed by atoms with E-state index in [1.54, 1.807) is 0 Å². The van der Waals surface area contributed by atoms with Crippen molar-refractivity contribution in [3.8, 4) is 0 Å². The Labute approximate surface area is 91.4 Å². The Hall–Kier alpha value is -0.994. The summed E-state index contributed by atoms with van der Waals surface area (Å²) in [6, 6.07) is 0. The monoisotopic (exact) mass is 259 g/mol. The van der Waals surface area contributed by atoms with Gasteiger partial charge < -0.3 is 30.0 Å². The Balaban J connectivity index is 0. The van der Waals surface area contributed by atoms with Gasteiger partial charge in [-0.2, -0.15) is 0 Å². The summed E-state index contributed by atoms with van der Waals surface area (Å²) in [7, 11) is 0. The average molecular weight is 260 g/mol. The van der Waals surface area contributed by atoms with Gasteiger partial charge in [0.15, 0.2) is 0 Å². The maximum absolute atomic E-state index is 10.2. The molecule has 0 aliphatic rings. The van der Waals surface area contributed by atoms with Crippen molar-refractivity contribution in [2.24, 2.45) is 0 Å². The first-order valence-corrected chi connectivity index (χ1v) is 3.13. The molecule has 0 rings (SSSR count). The summed E-state index contributed by atoms with van der Waals surface area (Å²) < 4.78 is 0. The number of carbonyl (C=O) groups is 3. The Morgan fingerprint density at radius 2 is 1.57 bits per heavy atom. The summed E-state index contributed by atoms with van der Waals surface area (Å²) in [4.78, 5) is 30.2. The van der Waals surface area contributed by atoms with Gasteiger partial charge in [-0.05, 0) is 0 Å². The fraction of sp³-hybridized carbons (Fsp3) is 0.500. The number of hydrogen-bond donors (Lipinski definition) is 2. The van der Waals surface area contributed by atoms with E-state index < -0.39 is 36.4 Å². The number of carboxylic acids is 3. The van der Waals surface area contributed by atoms with Crippen molar-refractivity contribution < 1.29 is 34.8 Å². The number of rotatable bonds is 5. The molecule has 3 radical (unpaired) electrons. The van der Waals surface area contributed by atoms with Gasteiger partial charge in [0.1, 0.15) is 5.60 Å². The summed E-state index contributed by atoms with van der Waals surface area (Å²) >= 11 is 0. The van der Waals surface area contributed by atoms with Crippen molar-refractivity contribution in [1.82, 2.24) is 0 Å². The molecule has 0 saturated carbocycles.